The molecule has 1 fully saturated rings. The van der Waals surface area contributed by atoms with Gasteiger partial charge in [-0.25, -0.2) is 9.97 Å². The summed E-state index contributed by atoms with van der Waals surface area (Å²) < 4.78 is 2.25. The van der Waals surface area contributed by atoms with Crippen molar-refractivity contribution in [3.63, 3.8) is 0 Å². The number of aryl methyl sites for hydroxylation is 1. The van der Waals surface area contributed by atoms with Crippen LogP contribution in [0.3, 0.4) is 0 Å². The SMILES string of the molecule is CNc1cc(C)nc(N2CCC[C@@H](c3nccn3Cc3ccncc3)C2)n1. The van der Waals surface area contributed by atoms with E-state index in [-0.39, 0.29) is 0 Å². The Bertz CT molecular complexity index is 890. The van der Waals surface area contributed by atoms with Gasteiger partial charge in [0.1, 0.15) is 11.6 Å². The predicted octanol–water partition coefficient (Wildman–Crippen LogP) is 2.85. The molecular weight excluding hydrogens is 338 g/mol. The summed E-state index contributed by atoms with van der Waals surface area (Å²) in [7, 11) is 1.89. The molecule has 0 spiro atoms. The quantitative estimate of drug-likeness (QED) is 0.752. The maximum atomic E-state index is 4.68. The summed E-state index contributed by atoms with van der Waals surface area (Å²) in [6.45, 7) is 4.70. The highest BCUT2D eigenvalue weighted by molar-refractivity contribution is 5.43. The molecule has 1 aliphatic heterocycles. The van der Waals surface area contributed by atoms with Crippen LogP contribution in [-0.2, 0) is 6.54 Å². The Morgan fingerprint density at radius 1 is 1.19 bits per heavy atom. The van der Waals surface area contributed by atoms with E-state index < -0.39 is 0 Å². The van der Waals surface area contributed by atoms with Crippen molar-refractivity contribution < 1.29 is 0 Å². The highest BCUT2D eigenvalue weighted by Gasteiger charge is 2.26. The minimum atomic E-state index is 0.373. The third-order valence-corrected chi connectivity index (χ3v) is 5.02. The standard InChI is InChI=1S/C20H25N7/c1-15-12-18(21-2)25-20(24-15)27-10-3-4-17(14-27)19-23-9-11-26(19)13-16-5-7-22-8-6-16/h5-9,11-12,17H,3-4,10,13-14H2,1-2H3,(H,21,24,25)/t17-/m1/s1. The second kappa shape index (κ2) is 7.73. The van der Waals surface area contributed by atoms with E-state index in [0.29, 0.717) is 5.92 Å². The van der Waals surface area contributed by atoms with E-state index in [1.807, 2.05) is 38.6 Å². The molecule has 1 atom stereocenters. The first-order chi connectivity index (χ1) is 13.2. The maximum absolute atomic E-state index is 4.68. The summed E-state index contributed by atoms with van der Waals surface area (Å²) in [6.07, 6.45) is 9.88. The van der Waals surface area contributed by atoms with Crippen LogP contribution in [0.5, 0.6) is 0 Å². The molecule has 1 aliphatic rings. The first kappa shape index (κ1) is 17.5. The monoisotopic (exact) mass is 363 g/mol. The molecule has 7 heteroatoms. The highest BCUT2D eigenvalue weighted by Crippen LogP contribution is 2.28. The summed E-state index contributed by atoms with van der Waals surface area (Å²) in [6, 6.07) is 6.07. The van der Waals surface area contributed by atoms with Crippen LogP contribution in [0.4, 0.5) is 11.8 Å². The lowest BCUT2D eigenvalue weighted by Gasteiger charge is -2.33. The number of imidazole rings is 1. The van der Waals surface area contributed by atoms with Crippen LogP contribution in [0, 0.1) is 6.92 Å². The summed E-state index contributed by atoms with van der Waals surface area (Å²) in [5.74, 6) is 3.17. The Balaban J connectivity index is 1.54. The van der Waals surface area contributed by atoms with E-state index in [1.54, 1.807) is 0 Å². The normalized spacial score (nSPS) is 17.1. The molecule has 0 amide bonds. The average molecular weight is 363 g/mol. The molecule has 1 saturated heterocycles. The second-order valence-corrected chi connectivity index (χ2v) is 7.00. The zero-order valence-corrected chi connectivity index (χ0v) is 15.8. The van der Waals surface area contributed by atoms with E-state index in [0.717, 1.165) is 55.8 Å². The predicted molar refractivity (Wildman–Crippen MR) is 106 cm³/mol. The van der Waals surface area contributed by atoms with Gasteiger partial charge in [-0.15, -0.1) is 0 Å². The molecule has 1 N–H and O–H groups in total. The van der Waals surface area contributed by atoms with Gasteiger partial charge in [0.15, 0.2) is 0 Å². The molecule has 3 aromatic rings. The van der Waals surface area contributed by atoms with E-state index >= 15 is 0 Å². The lowest BCUT2D eigenvalue weighted by Crippen LogP contribution is -2.36. The van der Waals surface area contributed by atoms with Crippen molar-refractivity contribution in [3.8, 4) is 0 Å². The van der Waals surface area contributed by atoms with Crippen LogP contribution < -0.4 is 10.2 Å². The fourth-order valence-electron chi connectivity index (χ4n) is 3.69. The van der Waals surface area contributed by atoms with Gasteiger partial charge in [0.2, 0.25) is 5.95 Å². The molecule has 0 radical (unpaired) electrons. The van der Waals surface area contributed by atoms with Gasteiger partial charge in [0, 0.05) is 69.1 Å². The van der Waals surface area contributed by atoms with Crippen LogP contribution in [-0.4, -0.2) is 44.6 Å². The number of piperidine rings is 1. The first-order valence-corrected chi connectivity index (χ1v) is 9.41. The first-order valence-electron chi connectivity index (χ1n) is 9.41. The third-order valence-electron chi connectivity index (χ3n) is 5.02. The van der Waals surface area contributed by atoms with Crippen LogP contribution in [0.1, 0.15) is 35.8 Å². The van der Waals surface area contributed by atoms with Crippen molar-refractivity contribution in [1.29, 1.82) is 0 Å². The number of aromatic nitrogens is 5. The Morgan fingerprint density at radius 3 is 2.85 bits per heavy atom. The van der Waals surface area contributed by atoms with E-state index in [4.69, 9.17) is 0 Å². The Morgan fingerprint density at radius 2 is 2.04 bits per heavy atom. The van der Waals surface area contributed by atoms with Crippen molar-refractivity contribution in [2.75, 3.05) is 30.4 Å². The summed E-state index contributed by atoms with van der Waals surface area (Å²) in [5.41, 5.74) is 2.21. The topological polar surface area (TPSA) is 71.8 Å². The number of nitrogens with zero attached hydrogens (tertiary/aromatic N) is 6. The summed E-state index contributed by atoms with van der Waals surface area (Å²) in [4.78, 5) is 20.4. The van der Waals surface area contributed by atoms with Crippen molar-refractivity contribution in [3.05, 3.63) is 60.1 Å². The van der Waals surface area contributed by atoms with Gasteiger partial charge in [0.05, 0.1) is 0 Å². The zero-order valence-electron chi connectivity index (χ0n) is 15.8. The van der Waals surface area contributed by atoms with E-state index in [9.17, 15) is 0 Å². The number of pyridine rings is 1. The van der Waals surface area contributed by atoms with Gasteiger partial charge < -0.3 is 14.8 Å². The molecule has 7 nitrogen and oxygen atoms in total. The van der Waals surface area contributed by atoms with Crippen LogP contribution in [0.2, 0.25) is 0 Å². The number of nitrogens with one attached hydrogen (secondary N) is 1. The number of hydrogen-bond acceptors (Lipinski definition) is 6. The minimum Gasteiger partial charge on any atom is -0.373 e. The molecule has 4 heterocycles. The fourth-order valence-corrected chi connectivity index (χ4v) is 3.69. The van der Waals surface area contributed by atoms with Crippen LogP contribution in [0.25, 0.3) is 0 Å². The molecule has 0 aromatic carbocycles. The molecule has 0 bridgehead atoms. The second-order valence-electron chi connectivity index (χ2n) is 7.00. The van der Waals surface area contributed by atoms with Crippen molar-refractivity contribution in [1.82, 2.24) is 24.5 Å². The molecule has 0 aliphatic carbocycles. The third kappa shape index (κ3) is 3.92. The van der Waals surface area contributed by atoms with Gasteiger partial charge >= 0.3 is 0 Å². The van der Waals surface area contributed by atoms with Gasteiger partial charge in [-0.05, 0) is 37.5 Å². The largest absolute Gasteiger partial charge is 0.373 e. The smallest absolute Gasteiger partial charge is 0.227 e. The van der Waals surface area contributed by atoms with E-state index in [1.165, 1.54) is 5.56 Å². The lowest BCUT2D eigenvalue weighted by atomic mass is 9.97. The Kier molecular flexibility index (Phi) is 5.00. The lowest BCUT2D eigenvalue weighted by molar-refractivity contribution is 0.471. The van der Waals surface area contributed by atoms with E-state index in [2.05, 4.69) is 53.0 Å². The van der Waals surface area contributed by atoms with Crippen molar-refractivity contribution in [2.45, 2.75) is 32.2 Å². The van der Waals surface area contributed by atoms with Gasteiger partial charge in [-0.3, -0.25) is 4.98 Å². The molecule has 4 rings (SSSR count). The minimum absolute atomic E-state index is 0.373. The van der Waals surface area contributed by atoms with Crippen LogP contribution >= 0.6 is 0 Å². The van der Waals surface area contributed by atoms with Gasteiger partial charge in [-0.2, -0.15) is 4.98 Å². The summed E-state index contributed by atoms with van der Waals surface area (Å²) >= 11 is 0. The molecule has 140 valence electrons. The van der Waals surface area contributed by atoms with Crippen molar-refractivity contribution >= 4 is 11.8 Å². The molecule has 27 heavy (non-hydrogen) atoms. The number of anilines is 2. The van der Waals surface area contributed by atoms with Crippen LogP contribution in [0.15, 0.2) is 43.0 Å². The fraction of sp³-hybridized carbons (Fsp3) is 0.400. The highest BCUT2D eigenvalue weighted by atomic mass is 15.3. The Labute approximate surface area is 159 Å². The molecule has 3 aromatic heterocycles. The number of hydrogen-bond donors (Lipinski definition) is 1. The van der Waals surface area contributed by atoms with Gasteiger partial charge in [-0.1, -0.05) is 0 Å². The molecular formula is C20H25N7. The maximum Gasteiger partial charge on any atom is 0.227 e. The Hall–Kier alpha value is -2.96. The zero-order chi connectivity index (χ0) is 18.6. The molecule has 0 saturated carbocycles. The average Bonchev–Trinajstić information content (AvgIpc) is 3.16. The summed E-state index contributed by atoms with van der Waals surface area (Å²) in [5, 5.41) is 3.12. The van der Waals surface area contributed by atoms with Gasteiger partial charge in [0.25, 0.3) is 0 Å². The number of rotatable bonds is 5. The van der Waals surface area contributed by atoms with Crippen molar-refractivity contribution in [2.24, 2.45) is 0 Å². The molecule has 0 unspecified atom stereocenters.